The van der Waals surface area contributed by atoms with Crippen LogP contribution in [0.4, 0.5) is 11.4 Å². The summed E-state index contributed by atoms with van der Waals surface area (Å²) in [6.45, 7) is 13.2. The number of rotatable bonds is 7. The highest BCUT2D eigenvalue weighted by atomic mass is 35.5. The molecule has 9 heteroatoms. The molecule has 7 nitrogen and oxygen atoms in total. The van der Waals surface area contributed by atoms with Crippen molar-refractivity contribution in [1.82, 2.24) is 14.7 Å². The lowest BCUT2D eigenvalue weighted by molar-refractivity contribution is -0.117. The molecule has 0 radical (unpaired) electrons. The summed E-state index contributed by atoms with van der Waals surface area (Å²) in [7, 11) is 0. The van der Waals surface area contributed by atoms with Crippen molar-refractivity contribution < 1.29 is 9.59 Å². The first-order chi connectivity index (χ1) is 19.5. The molecule has 230 valence electrons. The summed E-state index contributed by atoms with van der Waals surface area (Å²) in [4.78, 5) is 38.0. The van der Waals surface area contributed by atoms with Crippen LogP contribution in [0.25, 0.3) is 0 Å². The number of nitrogens with zero attached hydrogens (tertiary/aromatic N) is 5. The summed E-state index contributed by atoms with van der Waals surface area (Å²) < 4.78 is 0. The number of benzene rings is 2. The van der Waals surface area contributed by atoms with E-state index in [0.717, 1.165) is 51.4 Å². The van der Waals surface area contributed by atoms with Crippen LogP contribution >= 0.6 is 24.8 Å². The SMILES string of the molecule is Cc1ccc(N2CCN(C(=O)c3ccc(N4C(=O)CC[C@H]4CN4CCC[C@H]4CN4CCCC4)cc3)CC2)c(C)c1.Cl.Cl. The lowest BCUT2D eigenvalue weighted by Crippen LogP contribution is -2.49. The van der Waals surface area contributed by atoms with E-state index in [4.69, 9.17) is 0 Å². The summed E-state index contributed by atoms with van der Waals surface area (Å²) in [6.07, 6.45) is 6.72. The molecule has 0 bridgehead atoms. The maximum atomic E-state index is 13.3. The predicted octanol–water partition coefficient (Wildman–Crippen LogP) is 5.17. The average Bonchev–Trinajstić information content (AvgIpc) is 3.72. The van der Waals surface area contributed by atoms with E-state index in [9.17, 15) is 9.59 Å². The molecule has 4 saturated heterocycles. The van der Waals surface area contributed by atoms with Gasteiger partial charge in [-0.1, -0.05) is 17.7 Å². The molecule has 42 heavy (non-hydrogen) atoms. The predicted molar refractivity (Wildman–Crippen MR) is 176 cm³/mol. The Balaban J connectivity index is 0.00000202. The van der Waals surface area contributed by atoms with Gasteiger partial charge < -0.3 is 19.6 Å². The van der Waals surface area contributed by atoms with Crippen molar-refractivity contribution in [1.29, 1.82) is 0 Å². The zero-order valence-electron chi connectivity index (χ0n) is 25.2. The Bertz CT molecular complexity index is 1210. The summed E-state index contributed by atoms with van der Waals surface area (Å²) >= 11 is 0. The summed E-state index contributed by atoms with van der Waals surface area (Å²) in [5, 5.41) is 0. The van der Waals surface area contributed by atoms with Crippen LogP contribution in [-0.4, -0.2) is 97.5 Å². The van der Waals surface area contributed by atoms with Gasteiger partial charge >= 0.3 is 0 Å². The van der Waals surface area contributed by atoms with Crippen molar-refractivity contribution in [2.24, 2.45) is 0 Å². The van der Waals surface area contributed by atoms with Gasteiger partial charge in [-0.05, 0) is 101 Å². The maximum absolute atomic E-state index is 13.3. The lowest BCUT2D eigenvalue weighted by atomic mass is 10.1. The molecular weight excluding hydrogens is 569 g/mol. The van der Waals surface area contributed by atoms with Gasteiger partial charge in [-0.15, -0.1) is 24.8 Å². The number of hydrogen-bond acceptors (Lipinski definition) is 5. The van der Waals surface area contributed by atoms with E-state index < -0.39 is 0 Å². The first-order valence-electron chi connectivity index (χ1n) is 15.5. The second-order valence-electron chi connectivity index (χ2n) is 12.4. The summed E-state index contributed by atoms with van der Waals surface area (Å²) in [5.41, 5.74) is 5.47. The van der Waals surface area contributed by atoms with Crippen molar-refractivity contribution in [2.45, 2.75) is 64.5 Å². The zero-order valence-corrected chi connectivity index (χ0v) is 26.8. The Morgan fingerprint density at radius 1 is 0.786 bits per heavy atom. The number of halogens is 2. The number of amides is 2. The van der Waals surface area contributed by atoms with Crippen LogP contribution in [0, 0.1) is 13.8 Å². The van der Waals surface area contributed by atoms with E-state index in [1.807, 2.05) is 34.1 Å². The van der Waals surface area contributed by atoms with Crippen molar-refractivity contribution in [3.63, 3.8) is 0 Å². The second-order valence-corrected chi connectivity index (χ2v) is 12.4. The van der Waals surface area contributed by atoms with Crippen molar-refractivity contribution in [2.75, 3.05) is 68.7 Å². The molecule has 2 aromatic rings. The molecule has 4 heterocycles. The average molecular weight is 617 g/mol. The third kappa shape index (κ3) is 7.07. The van der Waals surface area contributed by atoms with Crippen LogP contribution < -0.4 is 9.80 Å². The second kappa shape index (κ2) is 14.4. The van der Waals surface area contributed by atoms with Gasteiger partial charge in [-0.3, -0.25) is 14.5 Å². The molecule has 6 rings (SSSR count). The highest BCUT2D eigenvalue weighted by Crippen LogP contribution is 2.30. The zero-order chi connectivity index (χ0) is 27.6. The minimum Gasteiger partial charge on any atom is -0.368 e. The number of carbonyl (C=O) groups is 2. The van der Waals surface area contributed by atoms with Crippen LogP contribution in [0.15, 0.2) is 42.5 Å². The van der Waals surface area contributed by atoms with Gasteiger partial charge in [-0.25, -0.2) is 0 Å². The van der Waals surface area contributed by atoms with Gasteiger partial charge in [0.15, 0.2) is 0 Å². The highest BCUT2D eigenvalue weighted by molar-refractivity contribution is 5.98. The number of hydrogen-bond donors (Lipinski definition) is 0. The molecule has 0 aliphatic carbocycles. The monoisotopic (exact) mass is 615 g/mol. The standard InChI is InChI=1S/C33H45N5O2.2ClH/c1-25-7-13-31(26(2)22-25)35-18-20-36(21-19-35)33(40)27-8-10-28(11-9-27)38-30(12-14-32(38)39)24-37-17-5-6-29(37)23-34-15-3-4-16-34;;/h7-11,13,22,29-30H,3-6,12,14-21,23-24H2,1-2H3;2*1H/t29-,30-;;/m0../s1. The Morgan fingerprint density at radius 2 is 1.50 bits per heavy atom. The Kier molecular flexibility index (Phi) is 11.2. The fourth-order valence-corrected chi connectivity index (χ4v) is 7.41. The molecule has 0 aromatic heterocycles. The Hall–Kier alpha value is -2.32. The first-order valence-corrected chi connectivity index (χ1v) is 15.5. The van der Waals surface area contributed by atoms with E-state index in [0.29, 0.717) is 18.0 Å². The number of aryl methyl sites for hydroxylation is 2. The third-order valence-electron chi connectivity index (χ3n) is 9.59. The number of anilines is 2. The van der Waals surface area contributed by atoms with Crippen molar-refractivity contribution >= 4 is 48.0 Å². The molecule has 4 fully saturated rings. The normalized spacial score (nSPS) is 23.3. The minimum atomic E-state index is 0. The molecule has 0 saturated carbocycles. The van der Waals surface area contributed by atoms with E-state index in [-0.39, 0.29) is 42.7 Å². The van der Waals surface area contributed by atoms with E-state index in [1.165, 1.54) is 62.1 Å². The molecule has 2 amide bonds. The molecule has 0 unspecified atom stereocenters. The van der Waals surface area contributed by atoms with E-state index in [1.54, 1.807) is 0 Å². The molecule has 4 aliphatic heterocycles. The summed E-state index contributed by atoms with van der Waals surface area (Å²) in [5.74, 6) is 0.292. The van der Waals surface area contributed by atoms with Gasteiger partial charge in [0.25, 0.3) is 5.91 Å². The quantitative estimate of drug-likeness (QED) is 0.430. The van der Waals surface area contributed by atoms with Gasteiger partial charge in [0.05, 0.1) is 6.04 Å². The van der Waals surface area contributed by atoms with Crippen molar-refractivity contribution in [3.8, 4) is 0 Å². The van der Waals surface area contributed by atoms with E-state index >= 15 is 0 Å². The fourth-order valence-electron chi connectivity index (χ4n) is 7.41. The number of carbonyl (C=O) groups excluding carboxylic acids is 2. The largest absolute Gasteiger partial charge is 0.368 e. The molecule has 0 spiro atoms. The Morgan fingerprint density at radius 3 is 2.19 bits per heavy atom. The minimum absolute atomic E-state index is 0. The van der Waals surface area contributed by atoms with Gasteiger partial charge in [0.1, 0.15) is 0 Å². The number of piperazine rings is 1. The maximum Gasteiger partial charge on any atom is 0.253 e. The van der Waals surface area contributed by atoms with E-state index in [2.05, 4.69) is 46.7 Å². The first kappa shape index (κ1) is 32.6. The fraction of sp³-hybridized carbons (Fsp3) is 0.576. The van der Waals surface area contributed by atoms with Crippen LogP contribution in [0.2, 0.25) is 0 Å². The molecular formula is C33H47Cl2N5O2. The van der Waals surface area contributed by atoms with Gasteiger partial charge in [0.2, 0.25) is 5.91 Å². The summed E-state index contributed by atoms with van der Waals surface area (Å²) in [6, 6.07) is 15.2. The van der Waals surface area contributed by atoms with Crippen molar-refractivity contribution in [3.05, 3.63) is 59.2 Å². The van der Waals surface area contributed by atoms with Crippen LogP contribution in [0.3, 0.4) is 0 Å². The van der Waals surface area contributed by atoms with Crippen LogP contribution in [0.5, 0.6) is 0 Å². The third-order valence-corrected chi connectivity index (χ3v) is 9.59. The number of likely N-dealkylation sites (tertiary alicyclic amines) is 2. The molecule has 2 aromatic carbocycles. The lowest BCUT2D eigenvalue weighted by Gasteiger charge is -2.37. The topological polar surface area (TPSA) is 50.3 Å². The highest BCUT2D eigenvalue weighted by Gasteiger charge is 2.36. The van der Waals surface area contributed by atoms with Crippen LogP contribution in [-0.2, 0) is 4.79 Å². The van der Waals surface area contributed by atoms with Gasteiger partial charge in [-0.2, -0.15) is 0 Å². The van der Waals surface area contributed by atoms with Gasteiger partial charge in [0, 0.05) is 68.7 Å². The molecule has 2 atom stereocenters. The Labute approximate surface area is 264 Å². The smallest absolute Gasteiger partial charge is 0.253 e. The van der Waals surface area contributed by atoms with Crippen LogP contribution in [0.1, 0.15) is 60.0 Å². The molecule has 4 aliphatic rings. The molecule has 0 N–H and O–H groups in total.